The van der Waals surface area contributed by atoms with E-state index < -0.39 is 11.7 Å². The lowest BCUT2D eigenvalue weighted by Gasteiger charge is -2.22. The first-order valence-electron chi connectivity index (χ1n) is 6.42. The highest BCUT2D eigenvalue weighted by atomic mass is 19.4. The fourth-order valence-electron chi connectivity index (χ4n) is 2.31. The van der Waals surface area contributed by atoms with Crippen LogP contribution >= 0.6 is 0 Å². The van der Waals surface area contributed by atoms with E-state index in [2.05, 4.69) is 5.32 Å². The van der Waals surface area contributed by atoms with Crippen LogP contribution in [0, 0.1) is 5.92 Å². The predicted octanol–water partition coefficient (Wildman–Crippen LogP) is 4.16. The van der Waals surface area contributed by atoms with Crippen molar-refractivity contribution in [2.24, 2.45) is 5.92 Å². The van der Waals surface area contributed by atoms with E-state index in [0.29, 0.717) is 18.0 Å². The fraction of sp³-hybridized carbons (Fsp3) is 0.571. The Kier molecular flexibility index (Phi) is 3.95. The number of hydrogen-bond acceptors (Lipinski definition) is 1. The first-order chi connectivity index (χ1) is 8.52. The van der Waals surface area contributed by atoms with Gasteiger partial charge in [-0.2, -0.15) is 13.2 Å². The molecule has 0 aromatic heterocycles. The van der Waals surface area contributed by atoms with Crippen molar-refractivity contribution in [3.8, 4) is 0 Å². The zero-order valence-corrected chi connectivity index (χ0v) is 10.4. The van der Waals surface area contributed by atoms with Gasteiger partial charge >= 0.3 is 6.18 Å². The van der Waals surface area contributed by atoms with Gasteiger partial charge in [0.2, 0.25) is 0 Å². The lowest BCUT2D eigenvalue weighted by Crippen LogP contribution is -2.24. The molecule has 1 aromatic rings. The molecule has 0 bridgehead atoms. The van der Waals surface area contributed by atoms with Crippen LogP contribution in [-0.4, -0.2) is 6.54 Å². The third kappa shape index (κ3) is 3.25. The minimum atomic E-state index is -4.27. The van der Waals surface area contributed by atoms with Crippen molar-refractivity contribution in [2.75, 3.05) is 6.54 Å². The Bertz CT molecular complexity index is 396. The van der Waals surface area contributed by atoms with Gasteiger partial charge in [0.05, 0.1) is 5.56 Å². The second-order valence-corrected chi connectivity index (χ2v) is 4.87. The fourth-order valence-corrected chi connectivity index (χ4v) is 2.31. The second-order valence-electron chi connectivity index (χ2n) is 4.87. The SMILES string of the molecule is CCNC(CC1CC1)c1ccccc1C(F)(F)F. The van der Waals surface area contributed by atoms with Gasteiger partial charge in [0.25, 0.3) is 0 Å². The Hall–Kier alpha value is -1.03. The standard InChI is InChI=1S/C14H18F3N/c1-2-18-13(9-10-7-8-10)11-5-3-4-6-12(11)14(15,16)17/h3-6,10,13,18H,2,7-9H2,1H3. The van der Waals surface area contributed by atoms with Gasteiger partial charge in [0.15, 0.2) is 0 Å². The molecule has 0 aliphatic heterocycles. The average molecular weight is 257 g/mol. The van der Waals surface area contributed by atoms with E-state index in [9.17, 15) is 13.2 Å². The Balaban J connectivity index is 2.27. The first kappa shape index (κ1) is 13.4. The lowest BCUT2D eigenvalue weighted by atomic mass is 9.95. The minimum Gasteiger partial charge on any atom is -0.310 e. The van der Waals surface area contributed by atoms with Crippen molar-refractivity contribution in [1.29, 1.82) is 0 Å². The summed E-state index contributed by atoms with van der Waals surface area (Å²) in [5.41, 5.74) is -0.115. The first-order valence-corrected chi connectivity index (χ1v) is 6.42. The highest BCUT2D eigenvalue weighted by Gasteiger charge is 2.36. The number of alkyl halides is 3. The van der Waals surface area contributed by atoms with Crippen LogP contribution in [0.2, 0.25) is 0 Å². The normalized spacial score (nSPS) is 17.8. The summed E-state index contributed by atoms with van der Waals surface area (Å²) in [6.45, 7) is 2.61. The van der Waals surface area contributed by atoms with Crippen LogP contribution in [0.3, 0.4) is 0 Å². The highest BCUT2D eigenvalue weighted by Crippen LogP contribution is 2.41. The molecule has 18 heavy (non-hydrogen) atoms. The van der Waals surface area contributed by atoms with Gasteiger partial charge in [-0.3, -0.25) is 0 Å². The van der Waals surface area contributed by atoms with Crippen LogP contribution in [0.4, 0.5) is 13.2 Å². The topological polar surface area (TPSA) is 12.0 Å². The Labute approximate surface area is 105 Å². The number of hydrogen-bond donors (Lipinski definition) is 1. The molecule has 1 fully saturated rings. The molecule has 1 unspecified atom stereocenters. The van der Waals surface area contributed by atoms with E-state index in [1.807, 2.05) is 6.92 Å². The monoisotopic (exact) mass is 257 g/mol. The molecular weight excluding hydrogens is 239 g/mol. The molecule has 2 rings (SSSR count). The summed E-state index contributed by atoms with van der Waals surface area (Å²) < 4.78 is 38.9. The van der Waals surface area contributed by atoms with E-state index in [-0.39, 0.29) is 6.04 Å². The molecule has 1 N–H and O–H groups in total. The smallest absolute Gasteiger partial charge is 0.310 e. The lowest BCUT2D eigenvalue weighted by molar-refractivity contribution is -0.138. The molecule has 0 heterocycles. The molecule has 0 spiro atoms. The summed E-state index contributed by atoms with van der Waals surface area (Å²) in [5, 5.41) is 3.18. The molecule has 1 aliphatic carbocycles. The third-order valence-corrected chi connectivity index (χ3v) is 3.36. The van der Waals surface area contributed by atoms with Gasteiger partial charge in [-0.15, -0.1) is 0 Å². The van der Waals surface area contributed by atoms with Gasteiger partial charge in [-0.25, -0.2) is 0 Å². The molecule has 1 atom stereocenters. The molecule has 4 heteroatoms. The van der Waals surface area contributed by atoms with Crippen LogP contribution in [-0.2, 0) is 6.18 Å². The minimum absolute atomic E-state index is 0.180. The summed E-state index contributed by atoms with van der Waals surface area (Å²) >= 11 is 0. The van der Waals surface area contributed by atoms with Crippen LogP contribution < -0.4 is 5.32 Å². The Morgan fingerprint density at radius 1 is 1.28 bits per heavy atom. The molecule has 1 aromatic carbocycles. The summed E-state index contributed by atoms with van der Waals surface area (Å²) in [5.74, 6) is 0.593. The van der Waals surface area contributed by atoms with Crippen LogP contribution in [0.1, 0.15) is 43.4 Å². The van der Waals surface area contributed by atoms with E-state index in [1.54, 1.807) is 12.1 Å². The largest absolute Gasteiger partial charge is 0.416 e. The molecule has 0 radical (unpaired) electrons. The van der Waals surface area contributed by atoms with Gasteiger partial charge in [-0.1, -0.05) is 38.0 Å². The van der Waals surface area contributed by atoms with E-state index in [1.165, 1.54) is 12.1 Å². The third-order valence-electron chi connectivity index (χ3n) is 3.36. The van der Waals surface area contributed by atoms with Crippen LogP contribution in [0.25, 0.3) is 0 Å². The van der Waals surface area contributed by atoms with Crippen LogP contribution in [0.15, 0.2) is 24.3 Å². The summed E-state index contributed by atoms with van der Waals surface area (Å²) in [4.78, 5) is 0. The van der Waals surface area contributed by atoms with E-state index in [0.717, 1.165) is 19.3 Å². The van der Waals surface area contributed by atoms with E-state index >= 15 is 0 Å². The van der Waals surface area contributed by atoms with Crippen molar-refractivity contribution < 1.29 is 13.2 Å². The van der Waals surface area contributed by atoms with Crippen molar-refractivity contribution in [2.45, 2.75) is 38.4 Å². The van der Waals surface area contributed by atoms with Gasteiger partial charge in [0.1, 0.15) is 0 Å². The maximum atomic E-state index is 13.0. The number of rotatable bonds is 5. The zero-order valence-electron chi connectivity index (χ0n) is 10.4. The second kappa shape index (κ2) is 5.31. The maximum Gasteiger partial charge on any atom is 0.416 e. The molecule has 0 saturated heterocycles. The molecule has 1 saturated carbocycles. The average Bonchev–Trinajstić information content (AvgIpc) is 3.11. The molecular formula is C14H18F3N. The quantitative estimate of drug-likeness (QED) is 0.835. The van der Waals surface area contributed by atoms with Gasteiger partial charge in [0, 0.05) is 6.04 Å². The molecule has 100 valence electrons. The van der Waals surface area contributed by atoms with Gasteiger partial charge < -0.3 is 5.32 Å². The maximum absolute atomic E-state index is 13.0. The zero-order chi connectivity index (χ0) is 13.2. The van der Waals surface area contributed by atoms with E-state index in [4.69, 9.17) is 0 Å². The number of nitrogens with one attached hydrogen (secondary N) is 1. The predicted molar refractivity (Wildman–Crippen MR) is 65.2 cm³/mol. The van der Waals surface area contributed by atoms with Crippen LogP contribution in [0.5, 0.6) is 0 Å². The number of halogens is 3. The summed E-state index contributed by atoms with van der Waals surface area (Å²) in [6, 6.07) is 5.72. The summed E-state index contributed by atoms with van der Waals surface area (Å²) in [7, 11) is 0. The van der Waals surface area contributed by atoms with Crippen molar-refractivity contribution in [3.05, 3.63) is 35.4 Å². The molecule has 1 nitrogen and oxygen atoms in total. The summed E-state index contributed by atoms with van der Waals surface area (Å²) in [6.07, 6.45) is -1.17. The van der Waals surface area contributed by atoms with Gasteiger partial charge in [-0.05, 0) is 30.5 Å². The molecule has 1 aliphatic rings. The van der Waals surface area contributed by atoms with Crippen molar-refractivity contribution in [1.82, 2.24) is 5.32 Å². The van der Waals surface area contributed by atoms with Crippen molar-refractivity contribution >= 4 is 0 Å². The Morgan fingerprint density at radius 2 is 1.94 bits per heavy atom. The highest BCUT2D eigenvalue weighted by molar-refractivity contribution is 5.32. The van der Waals surface area contributed by atoms with Crippen molar-refractivity contribution in [3.63, 3.8) is 0 Å². The number of benzene rings is 1. The molecule has 0 amide bonds. The Morgan fingerprint density at radius 3 is 2.50 bits per heavy atom.